The van der Waals surface area contributed by atoms with Crippen LogP contribution in [0.1, 0.15) is 6.92 Å². The van der Waals surface area contributed by atoms with Crippen molar-refractivity contribution in [3.63, 3.8) is 0 Å². The maximum atomic E-state index is 12.1. The van der Waals surface area contributed by atoms with Gasteiger partial charge in [-0.25, -0.2) is 13.1 Å². The summed E-state index contributed by atoms with van der Waals surface area (Å²) in [5.74, 6) is -0.699. The fourth-order valence-electron chi connectivity index (χ4n) is 1.69. The minimum atomic E-state index is -4.03. The van der Waals surface area contributed by atoms with E-state index in [1.165, 1.54) is 12.3 Å². The van der Waals surface area contributed by atoms with E-state index >= 15 is 0 Å². The summed E-state index contributed by atoms with van der Waals surface area (Å²) in [4.78, 5) is 14.6. The van der Waals surface area contributed by atoms with Crippen molar-refractivity contribution in [3.05, 3.63) is 46.7 Å². The SMILES string of the molecule is CC(=O)NS(=O)(=O)c1cnccc1Nc1cccc(Cl)c1Cl. The highest BCUT2D eigenvalue weighted by Crippen LogP contribution is 2.33. The highest BCUT2D eigenvalue weighted by molar-refractivity contribution is 7.90. The normalized spacial score (nSPS) is 11.0. The number of nitrogens with zero attached hydrogens (tertiary/aromatic N) is 1. The molecule has 2 rings (SSSR count). The molecule has 0 aliphatic rings. The Balaban J connectivity index is 2.45. The number of rotatable bonds is 4. The highest BCUT2D eigenvalue weighted by Gasteiger charge is 2.20. The third kappa shape index (κ3) is 3.68. The van der Waals surface area contributed by atoms with Crippen LogP contribution in [0.15, 0.2) is 41.6 Å². The Hall–Kier alpha value is -1.83. The molecule has 1 heterocycles. The summed E-state index contributed by atoms with van der Waals surface area (Å²) < 4.78 is 26.2. The number of hydrogen-bond acceptors (Lipinski definition) is 5. The van der Waals surface area contributed by atoms with Crippen molar-refractivity contribution in [2.75, 3.05) is 5.32 Å². The second-order valence-electron chi connectivity index (χ2n) is 4.26. The molecule has 1 aromatic heterocycles. The van der Waals surface area contributed by atoms with Crippen LogP contribution in [0, 0.1) is 0 Å². The van der Waals surface area contributed by atoms with Crippen LogP contribution in [0.3, 0.4) is 0 Å². The molecule has 6 nitrogen and oxygen atoms in total. The lowest BCUT2D eigenvalue weighted by Crippen LogP contribution is -2.28. The van der Waals surface area contributed by atoms with Crippen LogP contribution in [-0.4, -0.2) is 19.3 Å². The minimum Gasteiger partial charge on any atom is -0.353 e. The molecule has 1 amide bonds. The van der Waals surface area contributed by atoms with Gasteiger partial charge in [0.1, 0.15) is 4.90 Å². The van der Waals surface area contributed by atoms with Crippen molar-refractivity contribution in [3.8, 4) is 0 Å². The van der Waals surface area contributed by atoms with Gasteiger partial charge in [-0.1, -0.05) is 29.3 Å². The first-order valence-corrected chi connectivity index (χ1v) is 8.23. The summed E-state index contributed by atoms with van der Waals surface area (Å²) in [6.45, 7) is 1.11. The topological polar surface area (TPSA) is 88.2 Å². The lowest BCUT2D eigenvalue weighted by molar-refractivity contribution is -0.117. The number of carbonyl (C=O) groups excluding carboxylic acids is 1. The van der Waals surface area contributed by atoms with Crippen molar-refractivity contribution >= 4 is 50.5 Å². The van der Waals surface area contributed by atoms with Gasteiger partial charge in [-0.15, -0.1) is 0 Å². The van der Waals surface area contributed by atoms with Gasteiger partial charge in [0.2, 0.25) is 5.91 Å². The predicted molar refractivity (Wildman–Crippen MR) is 85.0 cm³/mol. The van der Waals surface area contributed by atoms with Crippen molar-refractivity contribution in [2.24, 2.45) is 0 Å². The number of anilines is 2. The minimum absolute atomic E-state index is 0.179. The number of nitrogens with one attached hydrogen (secondary N) is 2. The zero-order valence-corrected chi connectivity index (χ0v) is 13.6. The van der Waals surface area contributed by atoms with Gasteiger partial charge in [-0.2, -0.15) is 0 Å². The van der Waals surface area contributed by atoms with Crippen LogP contribution in [0.5, 0.6) is 0 Å². The molecule has 0 spiro atoms. The van der Waals surface area contributed by atoms with E-state index in [0.717, 1.165) is 13.1 Å². The van der Waals surface area contributed by atoms with E-state index < -0.39 is 15.9 Å². The van der Waals surface area contributed by atoms with E-state index in [0.29, 0.717) is 10.7 Å². The quantitative estimate of drug-likeness (QED) is 0.875. The van der Waals surface area contributed by atoms with Crippen LogP contribution >= 0.6 is 23.2 Å². The summed E-state index contributed by atoms with van der Waals surface area (Å²) in [6, 6.07) is 6.37. The summed E-state index contributed by atoms with van der Waals surface area (Å²) in [5.41, 5.74) is 0.646. The second-order valence-corrected chi connectivity index (χ2v) is 6.70. The number of aromatic nitrogens is 1. The van der Waals surface area contributed by atoms with E-state index in [-0.39, 0.29) is 15.6 Å². The Bertz CT molecular complexity index is 825. The molecule has 0 bridgehead atoms. The van der Waals surface area contributed by atoms with E-state index in [1.54, 1.807) is 18.2 Å². The smallest absolute Gasteiger partial charge is 0.267 e. The predicted octanol–water partition coefficient (Wildman–Crippen LogP) is 2.96. The highest BCUT2D eigenvalue weighted by atomic mass is 35.5. The Morgan fingerprint density at radius 3 is 2.59 bits per heavy atom. The Kier molecular flexibility index (Phi) is 4.90. The van der Waals surface area contributed by atoms with Crippen LogP contribution in [0.4, 0.5) is 11.4 Å². The average molecular weight is 360 g/mol. The van der Waals surface area contributed by atoms with E-state index in [4.69, 9.17) is 23.2 Å². The lowest BCUT2D eigenvalue weighted by atomic mass is 10.3. The number of carbonyl (C=O) groups is 1. The molecule has 2 N–H and O–H groups in total. The van der Waals surface area contributed by atoms with Crippen molar-refractivity contribution in [2.45, 2.75) is 11.8 Å². The first kappa shape index (κ1) is 16.5. The second kappa shape index (κ2) is 6.51. The maximum absolute atomic E-state index is 12.1. The zero-order chi connectivity index (χ0) is 16.3. The van der Waals surface area contributed by atoms with Gasteiger partial charge >= 0.3 is 0 Å². The third-order valence-corrected chi connectivity index (χ3v) is 4.85. The molecule has 0 unspecified atom stereocenters. The molecule has 1 aromatic carbocycles. The van der Waals surface area contributed by atoms with Gasteiger partial charge in [-0.05, 0) is 18.2 Å². The molecule has 116 valence electrons. The van der Waals surface area contributed by atoms with Crippen molar-refractivity contribution in [1.29, 1.82) is 0 Å². The number of sulfonamides is 1. The summed E-state index contributed by atoms with van der Waals surface area (Å²) in [7, 11) is -4.03. The Morgan fingerprint density at radius 1 is 1.18 bits per heavy atom. The van der Waals surface area contributed by atoms with Crippen molar-refractivity contribution in [1.82, 2.24) is 9.71 Å². The fraction of sp³-hybridized carbons (Fsp3) is 0.0769. The van der Waals surface area contributed by atoms with Gasteiger partial charge in [0.05, 0.1) is 21.4 Å². The van der Waals surface area contributed by atoms with E-state index in [1.807, 2.05) is 4.72 Å². The van der Waals surface area contributed by atoms with E-state index in [2.05, 4.69) is 10.3 Å². The monoisotopic (exact) mass is 359 g/mol. The molecule has 0 fully saturated rings. The van der Waals surface area contributed by atoms with Crippen LogP contribution in [-0.2, 0) is 14.8 Å². The number of benzene rings is 1. The molecule has 0 saturated carbocycles. The molecule has 0 atom stereocenters. The Labute approximate surface area is 137 Å². The van der Waals surface area contributed by atoms with Gasteiger partial charge in [-0.3, -0.25) is 9.78 Å². The standard InChI is InChI=1S/C13H11Cl2N3O3S/c1-8(19)18-22(20,21)12-7-16-6-5-10(12)17-11-4-2-3-9(14)13(11)15/h2-7H,1H3,(H,16,17)(H,18,19). The zero-order valence-electron chi connectivity index (χ0n) is 11.3. The molecule has 2 aromatic rings. The summed E-state index contributed by atoms with van der Waals surface area (Å²) >= 11 is 12.0. The summed E-state index contributed by atoms with van der Waals surface area (Å²) in [5, 5.41) is 3.45. The lowest BCUT2D eigenvalue weighted by Gasteiger charge is -2.13. The molecule has 0 radical (unpaired) electrons. The molecular weight excluding hydrogens is 349 g/mol. The van der Waals surface area contributed by atoms with Gasteiger partial charge in [0.15, 0.2) is 0 Å². The maximum Gasteiger partial charge on any atom is 0.267 e. The van der Waals surface area contributed by atoms with E-state index in [9.17, 15) is 13.2 Å². The molecule has 22 heavy (non-hydrogen) atoms. The van der Waals surface area contributed by atoms with Crippen LogP contribution in [0.2, 0.25) is 10.0 Å². The molecule has 0 aliphatic heterocycles. The molecule has 0 aliphatic carbocycles. The summed E-state index contributed by atoms with van der Waals surface area (Å²) in [6.07, 6.45) is 2.54. The largest absolute Gasteiger partial charge is 0.353 e. The molecular formula is C13H11Cl2N3O3S. The first-order valence-electron chi connectivity index (χ1n) is 5.99. The fourth-order valence-corrected chi connectivity index (χ4v) is 3.13. The first-order chi connectivity index (χ1) is 10.3. The molecule has 0 saturated heterocycles. The van der Waals surface area contributed by atoms with Crippen molar-refractivity contribution < 1.29 is 13.2 Å². The number of amides is 1. The number of halogens is 2. The van der Waals surface area contributed by atoms with Gasteiger partial charge in [0, 0.05) is 19.3 Å². The number of pyridine rings is 1. The Morgan fingerprint density at radius 2 is 1.91 bits per heavy atom. The third-order valence-electron chi connectivity index (χ3n) is 2.57. The average Bonchev–Trinajstić information content (AvgIpc) is 2.43. The van der Waals surface area contributed by atoms with Gasteiger partial charge < -0.3 is 5.32 Å². The van der Waals surface area contributed by atoms with Crippen LogP contribution in [0.25, 0.3) is 0 Å². The molecule has 9 heteroatoms. The number of hydrogen-bond donors (Lipinski definition) is 2. The van der Waals surface area contributed by atoms with Crippen LogP contribution < -0.4 is 10.0 Å². The van der Waals surface area contributed by atoms with Gasteiger partial charge in [0.25, 0.3) is 10.0 Å².